The topological polar surface area (TPSA) is 26.3 Å². The number of rotatable bonds is 1. The highest BCUT2D eigenvalue weighted by Crippen LogP contribution is 2.51. The summed E-state index contributed by atoms with van der Waals surface area (Å²) in [7, 11) is 1.75. The Morgan fingerprint density at radius 2 is 1.95 bits per heavy atom. The number of carbonyl (C=O) groups is 1. The van der Waals surface area contributed by atoms with E-state index in [0.29, 0.717) is 5.78 Å². The highest BCUT2D eigenvalue weighted by Gasteiger charge is 2.44. The number of hydrogen-bond acceptors (Lipinski definition) is 2. The van der Waals surface area contributed by atoms with Gasteiger partial charge in [-0.15, -0.1) is 0 Å². The molecule has 0 saturated carbocycles. The van der Waals surface area contributed by atoms with Gasteiger partial charge >= 0.3 is 0 Å². The minimum absolute atomic E-state index is 0.0200. The summed E-state index contributed by atoms with van der Waals surface area (Å²) in [6.07, 6.45) is 2.88. The number of fused-ring (bicyclic) bond motifs is 3. The third kappa shape index (κ3) is 2.17. The van der Waals surface area contributed by atoms with Crippen LogP contribution in [-0.4, -0.2) is 12.9 Å². The Kier molecular flexibility index (Phi) is 3.53. The minimum atomic E-state index is -0.0657. The molecule has 3 rings (SSSR count). The summed E-state index contributed by atoms with van der Waals surface area (Å²) in [5.74, 6) is 0.387. The zero-order chi connectivity index (χ0) is 15.2. The maximum atomic E-state index is 13.1. The van der Waals surface area contributed by atoms with Gasteiger partial charge in [-0.05, 0) is 37.2 Å². The van der Waals surface area contributed by atoms with Gasteiger partial charge in [0.15, 0.2) is 5.78 Å². The van der Waals surface area contributed by atoms with Crippen molar-refractivity contribution in [3.8, 4) is 0 Å². The van der Waals surface area contributed by atoms with E-state index in [0.717, 1.165) is 30.4 Å². The van der Waals surface area contributed by atoms with Crippen molar-refractivity contribution in [2.45, 2.75) is 46.1 Å². The molecule has 1 aromatic carbocycles. The second-order valence-corrected chi connectivity index (χ2v) is 6.95. The van der Waals surface area contributed by atoms with Crippen LogP contribution in [0, 0.1) is 11.3 Å². The predicted octanol–water partition coefficient (Wildman–Crippen LogP) is 4.71. The van der Waals surface area contributed by atoms with E-state index in [9.17, 15) is 4.79 Å². The lowest BCUT2D eigenvalue weighted by Crippen LogP contribution is -2.39. The molecular weight excluding hydrogens is 260 g/mol. The van der Waals surface area contributed by atoms with Crippen molar-refractivity contribution in [2.75, 3.05) is 7.11 Å². The number of hydrogen-bond donors (Lipinski definition) is 0. The van der Waals surface area contributed by atoms with Crippen LogP contribution in [0.15, 0.2) is 35.4 Å². The Morgan fingerprint density at radius 3 is 2.67 bits per heavy atom. The fourth-order valence-electron chi connectivity index (χ4n) is 4.22. The lowest BCUT2D eigenvalue weighted by molar-refractivity contribution is 0.0672. The zero-order valence-electron chi connectivity index (χ0n) is 13.4. The first-order valence-electron chi connectivity index (χ1n) is 7.82. The fraction of sp³-hybridized carbons (Fsp3) is 0.526. The summed E-state index contributed by atoms with van der Waals surface area (Å²) in [5, 5.41) is 0. The van der Waals surface area contributed by atoms with Crippen LogP contribution in [0.3, 0.4) is 0 Å². The molecule has 0 radical (unpaired) electrons. The molecular formula is C19H24O2. The van der Waals surface area contributed by atoms with Gasteiger partial charge < -0.3 is 4.74 Å². The Morgan fingerprint density at radius 1 is 1.24 bits per heavy atom. The number of allylic oxidation sites excluding steroid dienone is 1. The van der Waals surface area contributed by atoms with Crippen LogP contribution in [0.4, 0.5) is 0 Å². The average Bonchev–Trinajstić information content (AvgIpc) is 2.46. The quantitative estimate of drug-likeness (QED) is 0.698. The van der Waals surface area contributed by atoms with Crippen LogP contribution in [0.2, 0.25) is 0 Å². The number of ketones is 1. The SMILES string of the molecule is CO[C@H]1CC2=C(C)CC[C@@H](C(=O)c3ccccc31)C2(C)C. The first-order valence-corrected chi connectivity index (χ1v) is 7.82. The van der Waals surface area contributed by atoms with Crippen molar-refractivity contribution < 1.29 is 9.53 Å². The maximum absolute atomic E-state index is 13.1. The number of benzene rings is 1. The highest BCUT2D eigenvalue weighted by atomic mass is 16.5. The smallest absolute Gasteiger partial charge is 0.167 e. The number of carbonyl (C=O) groups excluding carboxylic acids is 1. The molecule has 1 aromatic rings. The van der Waals surface area contributed by atoms with Gasteiger partial charge in [-0.2, -0.15) is 0 Å². The van der Waals surface area contributed by atoms with Crippen molar-refractivity contribution in [2.24, 2.45) is 11.3 Å². The molecule has 2 nitrogen and oxygen atoms in total. The van der Waals surface area contributed by atoms with Gasteiger partial charge in [-0.3, -0.25) is 4.79 Å². The van der Waals surface area contributed by atoms with Gasteiger partial charge in [0.25, 0.3) is 0 Å². The average molecular weight is 284 g/mol. The van der Waals surface area contributed by atoms with Gasteiger partial charge in [0.1, 0.15) is 0 Å². The molecule has 112 valence electrons. The van der Waals surface area contributed by atoms with E-state index >= 15 is 0 Å². The van der Waals surface area contributed by atoms with Crippen LogP contribution < -0.4 is 0 Å². The standard InChI is InChI=1S/C19H24O2/c1-12-9-10-15-18(20)14-8-6-5-7-13(14)17(21-4)11-16(12)19(15,2)3/h5-8,15,17H,9-11H2,1-4H3/t15-,17-/m0/s1. The number of methoxy groups -OCH3 is 1. The highest BCUT2D eigenvalue weighted by molar-refractivity contribution is 6.00. The number of Topliss-reactive ketones (excluding diaryl/α,β-unsaturated/α-hetero) is 1. The van der Waals surface area contributed by atoms with Crippen LogP contribution in [0.5, 0.6) is 0 Å². The van der Waals surface area contributed by atoms with Crippen molar-refractivity contribution in [3.63, 3.8) is 0 Å². The number of ether oxygens (including phenoxy) is 1. The van der Waals surface area contributed by atoms with Crippen molar-refractivity contribution in [1.29, 1.82) is 0 Å². The largest absolute Gasteiger partial charge is 0.376 e. The van der Waals surface area contributed by atoms with Crippen LogP contribution >= 0.6 is 0 Å². The van der Waals surface area contributed by atoms with Crippen molar-refractivity contribution >= 4 is 5.78 Å². The first kappa shape index (κ1) is 14.5. The lowest BCUT2D eigenvalue weighted by atomic mass is 9.60. The third-order valence-corrected chi connectivity index (χ3v) is 5.54. The summed E-state index contributed by atoms with van der Waals surface area (Å²) in [6, 6.07) is 7.98. The molecule has 2 atom stereocenters. The van der Waals surface area contributed by atoms with Gasteiger partial charge in [-0.1, -0.05) is 49.3 Å². The fourth-order valence-corrected chi connectivity index (χ4v) is 4.22. The zero-order valence-corrected chi connectivity index (χ0v) is 13.4. The van der Waals surface area contributed by atoms with E-state index in [1.54, 1.807) is 7.11 Å². The summed E-state index contributed by atoms with van der Waals surface area (Å²) in [4.78, 5) is 13.1. The first-order chi connectivity index (χ1) is 9.96. The van der Waals surface area contributed by atoms with E-state index in [-0.39, 0.29) is 17.4 Å². The Bertz CT molecular complexity index is 610. The van der Waals surface area contributed by atoms with Crippen molar-refractivity contribution in [1.82, 2.24) is 0 Å². The maximum Gasteiger partial charge on any atom is 0.167 e. The molecule has 2 aliphatic rings. The van der Waals surface area contributed by atoms with Gasteiger partial charge in [0.2, 0.25) is 0 Å². The summed E-state index contributed by atoms with van der Waals surface area (Å²) in [6.45, 7) is 6.68. The van der Waals surface area contributed by atoms with Crippen LogP contribution in [0.25, 0.3) is 0 Å². The Balaban J connectivity index is 2.22. The Labute approximate surface area is 127 Å². The monoisotopic (exact) mass is 284 g/mol. The molecule has 0 saturated heterocycles. The minimum Gasteiger partial charge on any atom is -0.376 e. The van der Waals surface area contributed by atoms with Gasteiger partial charge in [-0.25, -0.2) is 0 Å². The summed E-state index contributed by atoms with van der Waals surface area (Å²) < 4.78 is 5.75. The predicted molar refractivity (Wildman–Crippen MR) is 84.3 cm³/mol. The van der Waals surface area contributed by atoms with Crippen molar-refractivity contribution in [3.05, 3.63) is 46.5 Å². The normalized spacial score (nSPS) is 27.9. The molecule has 21 heavy (non-hydrogen) atoms. The van der Waals surface area contributed by atoms with E-state index in [1.807, 2.05) is 24.3 Å². The van der Waals surface area contributed by atoms with Gasteiger partial charge in [0.05, 0.1) is 6.10 Å². The molecule has 2 bridgehead atoms. The molecule has 0 N–H and O–H groups in total. The third-order valence-electron chi connectivity index (χ3n) is 5.54. The molecule has 0 spiro atoms. The summed E-state index contributed by atoms with van der Waals surface area (Å²) in [5.41, 5.74) is 4.72. The molecule has 0 amide bonds. The van der Waals surface area contributed by atoms with Crippen LogP contribution in [-0.2, 0) is 4.74 Å². The molecule has 0 unspecified atom stereocenters. The lowest BCUT2D eigenvalue weighted by Gasteiger charge is -2.44. The molecule has 0 aliphatic heterocycles. The van der Waals surface area contributed by atoms with E-state index < -0.39 is 0 Å². The molecule has 2 heteroatoms. The van der Waals surface area contributed by atoms with E-state index in [1.165, 1.54) is 11.1 Å². The van der Waals surface area contributed by atoms with E-state index in [2.05, 4.69) is 20.8 Å². The molecule has 2 aliphatic carbocycles. The van der Waals surface area contributed by atoms with Gasteiger partial charge in [0, 0.05) is 18.6 Å². The van der Waals surface area contributed by atoms with E-state index in [4.69, 9.17) is 4.74 Å². The summed E-state index contributed by atoms with van der Waals surface area (Å²) >= 11 is 0. The second kappa shape index (κ2) is 5.10. The molecule has 0 fully saturated rings. The van der Waals surface area contributed by atoms with Crippen LogP contribution in [0.1, 0.15) is 62.1 Å². The molecule has 0 heterocycles. The second-order valence-electron chi connectivity index (χ2n) is 6.95. The Hall–Kier alpha value is -1.41. The molecule has 0 aromatic heterocycles.